The standard InChI is InChI=1S/C23H27NO5S/c1-5-17-9-11-18(12-10-17)20-15-21(25)24(23(20,4)22(26)29-6-2)30(27,28)19-13-7-16(3)8-14-19/h7-14,20H,5-6,15H2,1-4H3/t20-,23+/m1/s1. The van der Waals surface area contributed by atoms with E-state index < -0.39 is 33.4 Å². The van der Waals surface area contributed by atoms with E-state index in [0.717, 1.165) is 27.4 Å². The van der Waals surface area contributed by atoms with Crippen LogP contribution in [0.4, 0.5) is 0 Å². The number of carbonyl (C=O) groups excluding carboxylic acids is 2. The van der Waals surface area contributed by atoms with Gasteiger partial charge in [0.15, 0.2) is 5.54 Å². The molecule has 2 aromatic rings. The number of aryl methyl sites for hydroxylation is 2. The molecule has 160 valence electrons. The van der Waals surface area contributed by atoms with Gasteiger partial charge in [0.1, 0.15) is 0 Å². The largest absolute Gasteiger partial charge is 0.464 e. The maximum absolute atomic E-state index is 13.5. The van der Waals surface area contributed by atoms with Crippen molar-refractivity contribution in [1.82, 2.24) is 4.31 Å². The summed E-state index contributed by atoms with van der Waals surface area (Å²) in [6.45, 7) is 7.10. The van der Waals surface area contributed by atoms with Crippen LogP contribution in [0.1, 0.15) is 49.8 Å². The van der Waals surface area contributed by atoms with Crippen molar-refractivity contribution in [3.8, 4) is 0 Å². The third kappa shape index (κ3) is 3.62. The predicted octanol–water partition coefficient (Wildman–Crippen LogP) is 3.58. The van der Waals surface area contributed by atoms with Gasteiger partial charge >= 0.3 is 5.97 Å². The highest BCUT2D eigenvalue weighted by Crippen LogP contribution is 2.46. The van der Waals surface area contributed by atoms with Crippen LogP contribution in [0.25, 0.3) is 0 Å². The maximum atomic E-state index is 13.5. The van der Waals surface area contributed by atoms with Gasteiger partial charge in [0.05, 0.1) is 11.5 Å². The Kier molecular flexibility index (Phi) is 6.04. The number of hydrogen-bond acceptors (Lipinski definition) is 5. The summed E-state index contributed by atoms with van der Waals surface area (Å²) in [6, 6.07) is 13.8. The fourth-order valence-corrected chi connectivity index (χ4v) is 5.72. The zero-order chi connectivity index (χ0) is 22.1. The second-order valence-corrected chi connectivity index (χ2v) is 9.48. The van der Waals surface area contributed by atoms with E-state index in [4.69, 9.17) is 4.74 Å². The Balaban J connectivity index is 2.14. The first-order chi connectivity index (χ1) is 14.2. The average molecular weight is 430 g/mol. The number of sulfonamides is 1. The number of esters is 1. The molecular weight excluding hydrogens is 402 g/mol. The molecule has 1 aliphatic heterocycles. The van der Waals surface area contributed by atoms with Gasteiger partial charge in [0, 0.05) is 12.3 Å². The topological polar surface area (TPSA) is 80.8 Å². The monoisotopic (exact) mass is 429 g/mol. The van der Waals surface area contributed by atoms with Gasteiger partial charge in [-0.05, 0) is 50.5 Å². The Hall–Kier alpha value is -2.67. The number of rotatable bonds is 6. The summed E-state index contributed by atoms with van der Waals surface area (Å²) in [4.78, 5) is 26.1. The van der Waals surface area contributed by atoms with Crippen LogP contribution >= 0.6 is 0 Å². The molecule has 7 heteroatoms. The van der Waals surface area contributed by atoms with Crippen LogP contribution in [0.5, 0.6) is 0 Å². The van der Waals surface area contributed by atoms with Gasteiger partial charge in [0.2, 0.25) is 5.91 Å². The van der Waals surface area contributed by atoms with Crippen LogP contribution in [0.2, 0.25) is 0 Å². The molecule has 0 N–H and O–H groups in total. The fraction of sp³-hybridized carbons (Fsp3) is 0.391. The van der Waals surface area contributed by atoms with Gasteiger partial charge in [-0.25, -0.2) is 17.5 Å². The fourth-order valence-electron chi connectivity index (χ4n) is 3.99. The molecule has 1 heterocycles. The second-order valence-electron chi connectivity index (χ2n) is 7.70. The van der Waals surface area contributed by atoms with Crippen LogP contribution in [-0.2, 0) is 30.8 Å². The summed E-state index contributed by atoms with van der Waals surface area (Å²) in [6.07, 6.45) is 0.763. The first kappa shape index (κ1) is 22.0. The molecule has 0 aliphatic carbocycles. The molecule has 1 amide bonds. The lowest BCUT2D eigenvalue weighted by atomic mass is 9.81. The minimum absolute atomic E-state index is 0.0287. The number of carbonyl (C=O) groups is 2. The molecule has 0 aromatic heterocycles. The normalized spacial score (nSPS) is 21.7. The summed E-state index contributed by atoms with van der Waals surface area (Å²) in [5, 5.41) is 0. The van der Waals surface area contributed by atoms with Crippen molar-refractivity contribution in [2.45, 2.75) is 56.9 Å². The Morgan fingerprint density at radius 2 is 1.70 bits per heavy atom. The molecule has 2 aromatic carbocycles. The van der Waals surface area contributed by atoms with Gasteiger partial charge < -0.3 is 4.74 Å². The van der Waals surface area contributed by atoms with Crippen molar-refractivity contribution in [2.75, 3.05) is 6.61 Å². The molecule has 30 heavy (non-hydrogen) atoms. The van der Waals surface area contributed by atoms with Gasteiger partial charge in [-0.3, -0.25) is 4.79 Å². The number of nitrogens with zero attached hydrogens (tertiary/aromatic N) is 1. The maximum Gasteiger partial charge on any atom is 0.333 e. The van der Waals surface area contributed by atoms with Crippen LogP contribution in [0, 0.1) is 6.92 Å². The minimum atomic E-state index is -4.25. The highest BCUT2D eigenvalue weighted by atomic mass is 32.2. The van der Waals surface area contributed by atoms with E-state index in [-0.39, 0.29) is 17.9 Å². The quantitative estimate of drug-likeness (QED) is 0.656. The highest BCUT2D eigenvalue weighted by Gasteiger charge is 2.60. The van der Waals surface area contributed by atoms with Gasteiger partial charge in [-0.1, -0.05) is 48.9 Å². The van der Waals surface area contributed by atoms with E-state index in [1.807, 2.05) is 38.1 Å². The van der Waals surface area contributed by atoms with Crippen molar-refractivity contribution in [3.05, 3.63) is 65.2 Å². The van der Waals surface area contributed by atoms with Gasteiger partial charge in [-0.15, -0.1) is 0 Å². The van der Waals surface area contributed by atoms with Crippen LogP contribution in [0.15, 0.2) is 53.4 Å². The minimum Gasteiger partial charge on any atom is -0.464 e. The lowest BCUT2D eigenvalue weighted by Gasteiger charge is -2.36. The molecule has 0 bridgehead atoms. The molecule has 0 unspecified atom stereocenters. The van der Waals surface area contributed by atoms with E-state index in [1.165, 1.54) is 19.1 Å². The zero-order valence-electron chi connectivity index (χ0n) is 17.7. The van der Waals surface area contributed by atoms with Gasteiger partial charge in [0.25, 0.3) is 10.0 Å². The predicted molar refractivity (Wildman–Crippen MR) is 113 cm³/mol. The van der Waals surface area contributed by atoms with E-state index in [0.29, 0.717) is 0 Å². The lowest BCUT2D eigenvalue weighted by molar-refractivity contribution is -0.155. The molecule has 0 saturated carbocycles. The van der Waals surface area contributed by atoms with Crippen molar-refractivity contribution in [1.29, 1.82) is 0 Å². The van der Waals surface area contributed by atoms with Crippen molar-refractivity contribution >= 4 is 21.9 Å². The highest BCUT2D eigenvalue weighted by molar-refractivity contribution is 7.89. The summed E-state index contributed by atoms with van der Waals surface area (Å²) in [5.74, 6) is -1.98. The zero-order valence-corrected chi connectivity index (χ0v) is 18.5. The molecule has 3 rings (SSSR count). The van der Waals surface area contributed by atoms with E-state index in [1.54, 1.807) is 19.1 Å². The Bertz CT molecular complexity index is 1040. The molecule has 2 atom stereocenters. The average Bonchev–Trinajstić information content (AvgIpc) is 3.00. The molecule has 6 nitrogen and oxygen atoms in total. The first-order valence-corrected chi connectivity index (χ1v) is 11.5. The van der Waals surface area contributed by atoms with Crippen LogP contribution < -0.4 is 0 Å². The number of benzene rings is 2. The molecule has 0 radical (unpaired) electrons. The summed E-state index contributed by atoms with van der Waals surface area (Å²) >= 11 is 0. The number of amides is 1. The van der Waals surface area contributed by atoms with Crippen molar-refractivity contribution in [3.63, 3.8) is 0 Å². The number of hydrogen-bond donors (Lipinski definition) is 0. The summed E-state index contributed by atoms with van der Waals surface area (Å²) in [5.41, 5.74) is 1.07. The molecule has 1 saturated heterocycles. The van der Waals surface area contributed by atoms with Crippen molar-refractivity contribution in [2.24, 2.45) is 0 Å². The smallest absolute Gasteiger partial charge is 0.333 e. The molecule has 1 aliphatic rings. The van der Waals surface area contributed by atoms with Crippen LogP contribution in [0.3, 0.4) is 0 Å². The second kappa shape index (κ2) is 8.22. The third-order valence-corrected chi connectivity index (χ3v) is 7.68. The SMILES string of the molecule is CCOC(=O)[C@]1(C)[C@@H](c2ccc(CC)cc2)CC(=O)N1S(=O)(=O)c1ccc(C)cc1. The van der Waals surface area contributed by atoms with E-state index >= 15 is 0 Å². The molecule has 0 spiro atoms. The summed E-state index contributed by atoms with van der Waals surface area (Å²) in [7, 11) is -4.25. The lowest BCUT2D eigenvalue weighted by Crippen LogP contribution is -2.55. The Labute approximate surface area is 177 Å². The van der Waals surface area contributed by atoms with Crippen LogP contribution in [-0.4, -0.2) is 36.7 Å². The van der Waals surface area contributed by atoms with Gasteiger partial charge in [-0.2, -0.15) is 0 Å². The molecular formula is C23H27NO5S. The summed E-state index contributed by atoms with van der Waals surface area (Å²) < 4.78 is 32.9. The first-order valence-electron chi connectivity index (χ1n) is 10.1. The Morgan fingerprint density at radius 3 is 2.23 bits per heavy atom. The number of ether oxygens (including phenoxy) is 1. The van der Waals surface area contributed by atoms with E-state index in [9.17, 15) is 18.0 Å². The molecule has 1 fully saturated rings. The third-order valence-electron chi connectivity index (χ3n) is 5.74. The van der Waals surface area contributed by atoms with E-state index in [2.05, 4.69) is 0 Å². The Morgan fingerprint density at radius 1 is 1.10 bits per heavy atom. The van der Waals surface area contributed by atoms with Crippen molar-refractivity contribution < 1.29 is 22.7 Å².